The van der Waals surface area contributed by atoms with Crippen LogP contribution >= 0.6 is 11.8 Å². The molecule has 3 N–H and O–H groups in total. The molecule has 1 aromatic rings. The molecule has 6 nitrogen and oxygen atoms in total. The lowest BCUT2D eigenvalue weighted by atomic mass is 10.1. The number of aliphatic hydroxyl groups is 2. The molecule has 134 valence electrons. The molecule has 0 amide bonds. The Kier molecular flexibility index (Phi) is 3.47. The van der Waals surface area contributed by atoms with E-state index in [0.29, 0.717) is 17.0 Å². The van der Waals surface area contributed by atoms with Crippen LogP contribution in [0.2, 0.25) is 0 Å². The first-order valence-electron chi connectivity index (χ1n) is 9.18. The average molecular weight is 360 g/mol. The molecule has 6 atom stereocenters. The molecule has 0 aliphatic heterocycles. The smallest absolute Gasteiger partial charge is 0.189 e. The molecule has 0 saturated heterocycles. The molecule has 4 fully saturated rings. The van der Waals surface area contributed by atoms with Gasteiger partial charge in [-0.3, -0.25) is 4.99 Å². The van der Waals surface area contributed by atoms with Gasteiger partial charge in [-0.15, -0.1) is 0 Å². The quantitative estimate of drug-likeness (QED) is 0.422. The standard InChI is InChI=1S/C18H24N4O2S/c1-25-16-20-9-10(8-19-13-4-2-11-6-17(11,13)23)15(22-16)21-14-5-3-12-7-18(12,14)24/h8-9,11-14,23-24H,2-7H2,1H3,(H,20,21,22)/b19-8+. The highest BCUT2D eigenvalue weighted by Gasteiger charge is 2.63. The summed E-state index contributed by atoms with van der Waals surface area (Å²) in [5, 5.41) is 25.2. The van der Waals surface area contributed by atoms with Gasteiger partial charge in [0.15, 0.2) is 5.16 Å². The van der Waals surface area contributed by atoms with Gasteiger partial charge < -0.3 is 15.5 Å². The van der Waals surface area contributed by atoms with Crippen LogP contribution in [-0.4, -0.2) is 55.9 Å². The Morgan fingerprint density at radius 3 is 2.56 bits per heavy atom. The Morgan fingerprint density at radius 1 is 1.20 bits per heavy atom. The largest absolute Gasteiger partial charge is 0.387 e. The minimum atomic E-state index is -0.563. The molecule has 4 saturated carbocycles. The molecule has 0 aromatic carbocycles. The third kappa shape index (κ3) is 2.51. The lowest BCUT2D eigenvalue weighted by Crippen LogP contribution is -2.33. The van der Waals surface area contributed by atoms with Gasteiger partial charge in [0, 0.05) is 12.4 Å². The van der Waals surface area contributed by atoms with Gasteiger partial charge in [-0.2, -0.15) is 0 Å². The zero-order valence-corrected chi connectivity index (χ0v) is 15.2. The van der Waals surface area contributed by atoms with Crippen LogP contribution in [0.25, 0.3) is 0 Å². The fourth-order valence-electron chi connectivity index (χ4n) is 4.86. The molecule has 1 aromatic heterocycles. The van der Waals surface area contributed by atoms with Gasteiger partial charge in [0.05, 0.1) is 28.8 Å². The molecule has 25 heavy (non-hydrogen) atoms. The van der Waals surface area contributed by atoms with E-state index in [9.17, 15) is 10.2 Å². The highest BCUT2D eigenvalue weighted by molar-refractivity contribution is 7.98. The summed E-state index contributed by atoms with van der Waals surface area (Å²) in [4.78, 5) is 13.6. The normalized spacial score (nSPS) is 44.0. The molecule has 1 heterocycles. The van der Waals surface area contributed by atoms with Gasteiger partial charge in [0.25, 0.3) is 0 Å². The maximum Gasteiger partial charge on any atom is 0.189 e. The molecule has 0 radical (unpaired) electrons. The summed E-state index contributed by atoms with van der Waals surface area (Å²) in [7, 11) is 0. The van der Waals surface area contributed by atoms with Crippen molar-refractivity contribution >= 4 is 23.8 Å². The summed E-state index contributed by atoms with van der Waals surface area (Å²) in [6, 6.07) is 0.0480. The molecule has 5 rings (SSSR count). The monoisotopic (exact) mass is 360 g/mol. The molecular formula is C18H24N4O2S. The second kappa shape index (κ2) is 5.41. The summed E-state index contributed by atoms with van der Waals surface area (Å²) in [5.74, 6) is 1.64. The Hall–Kier alpha value is -1.18. The van der Waals surface area contributed by atoms with E-state index in [1.807, 2.05) is 6.26 Å². The minimum Gasteiger partial charge on any atom is -0.387 e. The van der Waals surface area contributed by atoms with Crippen LogP contribution in [0.4, 0.5) is 5.82 Å². The van der Waals surface area contributed by atoms with Crippen molar-refractivity contribution in [2.75, 3.05) is 11.6 Å². The molecule has 0 spiro atoms. The highest BCUT2D eigenvalue weighted by Crippen LogP contribution is 2.57. The summed E-state index contributed by atoms with van der Waals surface area (Å²) < 4.78 is 0. The number of anilines is 1. The summed E-state index contributed by atoms with van der Waals surface area (Å²) in [6.07, 6.45) is 11.4. The Morgan fingerprint density at radius 2 is 1.96 bits per heavy atom. The number of hydrogen-bond donors (Lipinski definition) is 3. The van der Waals surface area contributed by atoms with E-state index in [1.54, 1.807) is 12.4 Å². The zero-order chi connectivity index (χ0) is 17.2. The predicted molar refractivity (Wildman–Crippen MR) is 97.2 cm³/mol. The Balaban J connectivity index is 1.39. The SMILES string of the molecule is CSc1ncc(/C=N/C2CCC3CC32O)c(NC2CCC3CC32O)n1. The number of fused-ring (bicyclic) bond motifs is 2. The van der Waals surface area contributed by atoms with E-state index in [0.717, 1.165) is 49.9 Å². The van der Waals surface area contributed by atoms with Crippen LogP contribution in [0.3, 0.4) is 0 Å². The number of aliphatic imine (C=N–C) groups is 1. The van der Waals surface area contributed by atoms with Crippen LogP contribution in [0.5, 0.6) is 0 Å². The van der Waals surface area contributed by atoms with Crippen LogP contribution in [-0.2, 0) is 0 Å². The summed E-state index contributed by atoms with van der Waals surface area (Å²) in [5.41, 5.74) is -0.287. The maximum atomic E-state index is 10.6. The van der Waals surface area contributed by atoms with Crippen molar-refractivity contribution < 1.29 is 10.2 Å². The van der Waals surface area contributed by atoms with E-state index in [1.165, 1.54) is 11.8 Å². The lowest BCUT2D eigenvalue weighted by molar-refractivity contribution is 0.125. The van der Waals surface area contributed by atoms with Gasteiger partial charge in [-0.1, -0.05) is 11.8 Å². The highest BCUT2D eigenvalue weighted by atomic mass is 32.2. The fourth-order valence-corrected chi connectivity index (χ4v) is 5.20. The van der Waals surface area contributed by atoms with Crippen molar-refractivity contribution in [1.29, 1.82) is 0 Å². The fraction of sp³-hybridized carbons (Fsp3) is 0.722. The van der Waals surface area contributed by atoms with Crippen molar-refractivity contribution in [3.63, 3.8) is 0 Å². The molecule has 6 unspecified atom stereocenters. The predicted octanol–water partition coefficient (Wildman–Crippen LogP) is 1.86. The number of thioether (sulfide) groups is 1. The minimum absolute atomic E-state index is 0.00551. The van der Waals surface area contributed by atoms with Crippen LogP contribution in [0.15, 0.2) is 16.3 Å². The van der Waals surface area contributed by atoms with E-state index < -0.39 is 11.2 Å². The second-order valence-corrected chi connectivity index (χ2v) is 8.86. The molecule has 4 aliphatic carbocycles. The molecule has 0 bridgehead atoms. The van der Waals surface area contributed by atoms with Gasteiger partial charge >= 0.3 is 0 Å². The number of aromatic nitrogens is 2. The van der Waals surface area contributed by atoms with Crippen LogP contribution < -0.4 is 5.32 Å². The third-order valence-electron chi connectivity index (χ3n) is 6.70. The van der Waals surface area contributed by atoms with E-state index in [2.05, 4.69) is 20.3 Å². The van der Waals surface area contributed by atoms with Gasteiger partial charge in [-0.05, 0) is 56.6 Å². The molecular weight excluding hydrogens is 336 g/mol. The van der Waals surface area contributed by atoms with Gasteiger partial charge in [-0.25, -0.2) is 9.97 Å². The third-order valence-corrected chi connectivity index (χ3v) is 7.26. The number of rotatable bonds is 5. The summed E-state index contributed by atoms with van der Waals surface area (Å²) >= 11 is 1.50. The molecule has 4 aliphatic rings. The topological polar surface area (TPSA) is 90.6 Å². The first-order chi connectivity index (χ1) is 12.0. The zero-order valence-electron chi connectivity index (χ0n) is 14.4. The first-order valence-corrected chi connectivity index (χ1v) is 10.4. The average Bonchev–Trinajstić information content (AvgIpc) is 3.40. The molecule has 7 heteroatoms. The first kappa shape index (κ1) is 16.0. The van der Waals surface area contributed by atoms with Crippen molar-refractivity contribution in [3.8, 4) is 0 Å². The number of nitrogens with one attached hydrogen (secondary N) is 1. The Bertz CT molecular complexity index is 740. The number of nitrogens with zero attached hydrogens (tertiary/aromatic N) is 3. The van der Waals surface area contributed by atoms with E-state index >= 15 is 0 Å². The van der Waals surface area contributed by atoms with Gasteiger partial charge in [0.1, 0.15) is 5.82 Å². The van der Waals surface area contributed by atoms with Crippen LogP contribution in [0, 0.1) is 11.8 Å². The number of hydrogen-bond acceptors (Lipinski definition) is 7. The lowest BCUT2D eigenvalue weighted by Gasteiger charge is -2.21. The van der Waals surface area contributed by atoms with E-state index in [4.69, 9.17) is 0 Å². The second-order valence-electron chi connectivity index (χ2n) is 8.09. The van der Waals surface area contributed by atoms with Gasteiger partial charge in [0.2, 0.25) is 0 Å². The van der Waals surface area contributed by atoms with Crippen molar-refractivity contribution in [1.82, 2.24) is 9.97 Å². The van der Waals surface area contributed by atoms with Crippen molar-refractivity contribution in [3.05, 3.63) is 11.8 Å². The summed E-state index contributed by atoms with van der Waals surface area (Å²) in [6.45, 7) is 0. The Labute approximate surface area is 151 Å². The van der Waals surface area contributed by atoms with Crippen molar-refractivity contribution in [2.24, 2.45) is 16.8 Å². The maximum absolute atomic E-state index is 10.6. The van der Waals surface area contributed by atoms with E-state index in [-0.39, 0.29) is 12.1 Å². The van der Waals surface area contributed by atoms with Crippen LogP contribution in [0.1, 0.15) is 44.1 Å². The van der Waals surface area contributed by atoms with Crippen molar-refractivity contribution in [2.45, 2.75) is 67.0 Å².